The number of nitrogens with zero attached hydrogens (tertiary/aromatic N) is 3. The first-order valence-corrected chi connectivity index (χ1v) is 13.0. The minimum absolute atomic E-state index is 0.0893. The molecule has 1 aromatic heterocycles. The van der Waals surface area contributed by atoms with E-state index in [0.29, 0.717) is 24.1 Å². The van der Waals surface area contributed by atoms with Crippen molar-refractivity contribution in [3.63, 3.8) is 0 Å². The Balaban J connectivity index is 1.21. The number of nitrogens with one attached hydrogen (secondary N) is 2. The van der Waals surface area contributed by atoms with Crippen LogP contribution >= 0.6 is 11.6 Å². The molecule has 1 atom stereocenters. The number of halogens is 1. The molecule has 0 bridgehead atoms. The van der Waals surface area contributed by atoms with E-state index >= 15 is 0 Å². The summed E-state index contributed by atoms with van der Waals surface area (Å²) in [5.41, 5.74) is 1.47. The van der Waals surface area contributed by atoms with Crippen molar-refractivity contribution in [2.45, 2.75) is 51.6 Å². The topological polar surface area (TPSA) is 86.8 Å². The fourth-order valence-corrected chi connectivity index (χ4v) is 4.88. The lowest BCUT2D eigenvalue weighted by molar-refractivity contribution is 0.0520. The molecule has 3 heterocycles. The van der Waals surface area contributed by atoms with Crippen LogP contribution in [0.5, 0.6) is 0 Å². The van der Waals surface area contributed by atoms with Crippen LogP contribution in [0, 0.1) is 5.92 Å². The zero-order valence-corrected chi connectivity index (χ0v) is 22.1. The first kappa shape index (κ1) is 26.1. The summed E-state index contributed by atoms with van der Waals surface area (Å²) >= 11 is 6.00. The van der Waals surface area contributed by atoms with Crippen LogP contribution in [0.15, 0.2) is 42.6 Å². The van der Waals surface area contributed by atoms with E-state index in [9.17, 15) is 9.59 Å². The second kappa shape index (κ2) is 11.4. The minimum Gasteiger partial charge on any atom is -0.444 e. The number of urea groups is 1. The van der Waals surface area contributed by atoms with Crippen LogP contribution in [0.1, 0.15) is 51.5 Å². The van der Waals surface area contributed by atoms with Gasteiger partial charge in [-0.2, -0.15) is 0 Å². The van der Waals surface area contributed by atoms with E-state index in [1.165, 1.54) is 5.56 Å². The third-order valence-corrected chi connectivity index (χ3v) is 6.92. The van der Waals surface area contributed by atoms with Gasteiger partial charge in [0.05, 0.1) is 11.9 Å². The Morgan fingerprint density at radius 1 is 1.06 bits per heavy atom. The lowest BCUT2D eigenvalue weighted by Gasteiger charge is -2.32. The second-order valence-corrected chi connectivity index (χ2v) is 11.1. The van der Waals surface area contributed by atoms with E-state index < -0.39 is 5.60 Å². The van der Waals surface area contributed by atoms with Crippen LogP contribution in [0.4, 0.5) is 21.1 Å². The number of piperidine rings is 1. The molecule has 9 heteroatoms. The molecule has 0 unspecified atom stereocenters. The number of hydrogen-bond acceptors (Lipinski definition) is 5. The number of hydrogen-bond donors (Lipinski definition) is 2. The molecule has 2 fully saturated rings. The number of anilines is 2. The Kier molecular flexibility index (Phi) is 8.24. The Labute approximate surface area is 218 Å². The normalized spacial score (nSPS) is 18.7. The van der Waals surface area contributed by atoms with E-state index in [0.717, 1.165) is 56.3 Å². The number of aromatic nitrogens is 1. The molecule has 2 N–H and O–H groups in total. The van der Waals surface area contributed by atoms with Gasteiger partial charge in [0, 0.05) is 37.7 Å². The number of rotatable bonds is 5. The molecule has 0 spiro atoms. The predicted molar refractivity (Wildman–Crippen MR) is 143 cm³/mol. The molecule has 0 radical (unpaired) electrons. The van der Waals surface area contributed by atoms with Gasteiger partial charge in [0.15, 0.2) is 0 Å². The zero-order chi connectivity index (χ0) is 25.7. The Bertz CT molecular complexity index is 1030. The van der Waals surface area contributed by atoms with Gasteiger partial charge in [0.25, 0.3) is 0 Å². The Morgan fingerprint density at radius 2 is 1.78 bits per heavy atom. The van der Waals surface area contributed by atoms with Crippen molar-refractivity contribution >= 4 is 35.2 Å². The predicted octanol–water partition coefficient (Wildman–Crippen LogP) is 5.50. The minimum atomic E-state index is -0.499. The summed E-state index contributed by atoms with van der Waals surface area (Å²) in [5, 5.41) is 6.59. The summed E-state index contributed by atoms with van der Waals surface area (Å²) in [6, 6.07) is 11.8. The SMILES string of the molecule is CC(C)(C)OC(=O)NC[C@H]1CCN(c2ccc(NC(=O)N3CCC(c4ccc(Cl)cc4)CC3)cn2)C1. The largest absolute Gasteiger partial charge is 0.444 e. The second-order valence-electron chi connectivity index (χ2n) is 10.6. The van der Waals surface area contributed by atoms with E-state index in [4.69, 9.17) is 16.3 Å². The number of ether oxygens (including phenoxy) is 1. The average molecular weight is 514 g/mol. The van der Waals surface area contributed by atoms with Crippen molar-refractivity contribution in [2.24, 2.45) is 5.92 Å². The Hall–Kier alpha value is -3.00. The van der Waals surface area contributed by atoms with E-state index in [2.05, 4.69) is 32.7 Å². The quantitative estimate of drug-likeness (QED) is 0.551. The van der Waals surface area contributed by atoms with Crippen molar-refractivity contribution in [1.82, 2.24) is 15.2 Å². The summed E-state index contributed by atoms with van der Waals surface area (Å²) < 4.78 is 5.31. The standard InChI is InChI=1S/C27H36ClN5O3/c1-27(2,3)36-26(35)30-16-19-10-13-33(18-19)24-9-8-23(17-29-24)31-25(34)32-14-11-21(12-15-32)20-4-6-22(28)7-5-20/h4-9,17,19,21H,10-16,18H2,1-3H3,(H,30,35)(H,31,34)/t19-/m1/s1. The van der Waals surface area contributed by atoms with Gasteiger partial charge in [-0.05, 0) is 81.7 Å². The van der Waals surface area contributed by atoms with Gasteiger partial charge in [0.1, 0.15) is 11.4 Å². The van der Waals surface area contributed by atoms with Gasteiger partial charge in [-0.15, -0.1) is 0 Å². The highest BCUT2D eigenvalue weighted by Crippen LogP contribution is 2.29. The number of amides is 3. The molecule has 0 aliphatic carbocycles. The first-order valence-electron chi connectivity index (χ1n) is 12.7. The maximum Gasteiger partial charge on any atom is 0.407 e. The van der Waals surface area contributed by atoms with E-state index in [1.54, 1.807) is 6.20 Å². The molecule has 36 heavy (non-hydrogen) atoms. The summed E-state index contributed by atoms with van der Waals surface area (Å²) in [4.78, 5) is 33.3. The van der Waals surface area contributed by atoms with Crippen molar-refractivity contribution in [3.05, 3.63) is 53.2 Å². The van der Waals surface area contributed by atoms with Gasteiger partial charge in [-0.3, -0.25) is 0 Å². The lowest BCUT2D eigenvalue weighted by Crippen LogP contribution is -2.40. The zero-order valence-electron chi connectivity index (χ0n) is 21.3. The van der Waals surface area contributed by atoms with Gasteiger partial charge >= 0.3 is 12.1 Å². The molecule has 194 valence electrons. The first-order chi connectivity index (χ1) is 17.2. The Morgan fingerprint density at radius 3 is 2.42 bits per heavy atom. The van der Waals surface area contributed by atoms with Crippen molar-refractivity contribution in [3.8, 4) is 0 Å². The molecule has 4 rings (SSSR count). The van der Waals surface area contributed by atoms with E-state index in [-0.39, 0.29) is 12.1 Å². The number of benzene rings is 1. The van der Waals surface area contributed by atoms with E-state index in [1.807, 2.05) is 49.9 Å². The number of pyridine rings is 1. The van der Waals surface area contributed by atoms with Crippen LogP contribution in [0.25, 0.3) is 0 Å². The molecular weight excluding hydrogens is 478 g/mol. The molecule has 0 saturated carbocycles. The van der Waals surface area contributed by atoms with Crippen LogP contribution in [-0.4, -0.2) is 60.3 Å². The average Bonchev–Trinajstić information content (AvgIpc) is 3.32. The lowest BCUT2D eigenvalue weighted by atomic mass is 9.89. The summed E-state index contributed by atoms with van der Waals surface area (Å²) in [5.74, 6) is 1.67. The van der Waals surface area contributed by atoms with Gasteiger partial charge in [-0.25, -0.2) is 14.6 Å². The molecule has 3 amide bonds. The highest BCUT2D eigenvalue weighted by atomic mass is 35.5. The molecule has 2 saturated heterocycles. The van der Waals surface area contributed by atoms with Crippen molar-refractivity contribution in [1.29, 1.82) is 0 Å². The van der Waals surface area contributed by atoms with Crippen LogP contribution < -0.4 is 15.5 Å². The monoisotopic (exact) mass is 513 g/mol. The summed E-state index contributed by atoms with van der Waals surface area (Å²) in [7, 11) is 0. The fraction of sp³-hybridized carbons (Fsp3) is 0.519. The van der Waals surface area contributed by atoms with Crippen molar-refractivity contribution < 1.29 is 14.3 Å². The highest BCUT2D eigenvalue weighted by Gasteiger charge is 2.26. The van der Waals surface area contributed by atoms with Gasteiger partial charge < -0.3 is 25.2 Å². The maximum absolute atomic E-state index is 12.8. The van der Waals surface area contributed by atoms with Crippen LogP contribution in [0.2, 0.25) is 5.02 Å². The molecule has 1 aromatic carbocycles. The van der Waals surface area contributed by atoms with Gasteiger partial charge in [-0.1, -0.05) is 23.7 Å². The number of alkyl carbamates (subject to hydrolysis) is 1. The molecular formula is C27H36ClN5O3. The molecule has 2 aromatic rings. The summed E-state index contributed by atoms with van der Waals surface area (Å²) in [6.07, 6.45) is 4.17. The molecule has 8 nitrogen and oxygen atoms in total. The maximum atomic E-state index is 12.8. The number of likely N-dealkylation sites (tertiary alicyclic amines) is 1. The molecule has 2 aliphatic rings. The summed E-state index contributed by atoms with van der Waals surface area (Å²) in [6.45, 7) is 9.27. The third-order valence-electron chi connectivity index (χ3n) is 6.67. The van der Waals surface area contributed by atoms with Crippen LogP contribution in [-0.2, 0) is 4.74 Å². The fourth-order valence-electron chi connectivity index (χ4n) is 4.75. The smallest absolute Gasteiger partial charge is 0.407 e. The third kappa shape index (κ3) is 7.26. The van der Waals surface area contributed by atoms with Crippen molar-refractivity contribution in [2.75, 3.05) is 42.9 Å². The van der Waals surface area contributed by atoms with Gasteiger partial charge in [0.2, 0.25) is 0 Å². The molecule has 2 aliphatic heterocycles. The highest BCUT2D eigenvalue weighted by molar-refractivity contribution is 6.30. The van der Waals surface area contributed by atoms with Crippen LogP contribution in [0.3, 0.4) is 0 Å². The number of carbonyl (C=O) groups excluding carboxylic acids is 2. The number of carbonyl (C=O) groups is 2.